The standard InChI is InChI=1S/C11H11N3O2/c1-8-3-2-5-12-9(8)7-14-10(15)4-6-13-11(14)16/h2-6H,7H2,1H3,(H,13,16). The van der Waals surface area contributed by atoms with E-state index in [4.69, 9.17) is 0 Å². The maximum atomic E-state index is 11.5. The van der Waals surface area contributed by atoms with E-state index in [1.807, 2.05) is 19.1 Å². The van der Waals surface area contributed by atoms with Gasteiger partial charge in [-0.25, -0.2) is 4.79 Å². The number of hydrogen-bond donors (Lipinski definition) is 1. The van der Waals surface area contributed by atoms with Gasteiger partial charge in [-0.15, -0.1) is 0 Å². The van der Waals surface area contributed by atoms with Gasteiger partial charge in [0.25, 0.3) is 5.56 Å². The average molecular weight is 217 g/mol. The van der Waals surface area contributed by atoms with Gasteiger partial charge in [0.1, 0.15) is 0 Å². The second-order valence-corrected chi connectivity index (χ2v) is 3.47. The summed E-state index contributed by atoms with van der Waals surface area (Å²) in [6.45, 7) is 2.09. The molecule has 0 aliphatic rings. The molecule has 0 unspecified atom stereocenters. The Morgan fingerprint density at radius 1 is 1.38 bits per heavy atom. The number of nitrogens with zero attached hydrogens (tertiary/aromatic N) is 2. The van der Waals surface area contributed by atoms with Crippen molar-refractivity contribution in [2.45, 2.75) is 13.5 Å². The van der Waals surface area contributed by atoms with Crippen LogP contribution in [0, 0.1) is 6.92 Å². The Hall–Kier alpha value is -2.17. The summed E-state index contributed by atoms with van der Waals surface area (Å²) in [5.41, 5.74) is 0.935. The van der Waals surface area contributed by atoms with E-state index >= 15 is 0 Å². The van der Waals surface area contributed by atoms with Crippen LogP contribution < -0.4 is 11.2 Å². The number of rotatable bonds is 2. The Morgan fingerprint density at radius 2 is 2.19 bits per heavy atom. The van der Waals surface area contributed by atoms with Gasteiger partial charge in [-0.05, 0) is 18.6 Å². The van der Waals surface area contributed by atoms with Crippen LogP contribution in [-0.2, 0) is 6.54 Å². The zero-order chi connectivity index (χ0) is 11.5. The molecule has 0 aliphatic carbocycles. The highest BCUT2D eigenvalue weighted by Gasteiger charge is 2.04. The van der Waals surface area contributed by atoms with Crippen molar-refractivity contribution >= 4 is 0 Å². The molecule has 0 saturated heterocycles. The Bertz CT molecular complexity index is 585. The molecule has 0 aromatic carbocycles. The lowest BCUT2D eigenvalue weighted by molar-refractivity contribution is 0.681. The van der Waals surface area contributed by atoms with E-state index in [9.17, 15) is 9.59 Å². The van der Waals surface area contributed by atoms with Crippen LogP contribution in [0.15, 0.2) is 40.2 Å². The second kappa shape index (κ2) is 4.14. The van der Waals surface area contributed by atoms with E-state index in [0.29, 0.717) is 0 Å². The fourth-order valence-electron chi connectivity index (χ4n) is 1.44. The summed E-state index contributed by atoms with van der Waals surface area (Å²) in [7, 11) is 0. The first kappa shape index (κ1) is 10.4. The molecule has 0 bridgehead atoms. The van der Waals surface area contributed by atoms with Crippen LogP contribution in [0.25, 0.3) is 0 Å². The van der Waals surface area contributed by atoms with Crippen molar-refractivity contribution in [1.82, 2.24) is 14.5 Å². The highest BCUT2D eigenvalue weighted by atomic mass is 16.2. The van der Waals surface area contributed by atoms with Crippen LogP contribution in [0.2, 0.25) is 0 Å². The molecule has 2 rings (SSSR count). The molecule has 0 amide bonds. The van der Waals surface area contributed by atoms with Crippen LogP contribution in [0.5, 0.6) is 0 Å². The Labute approximate surface area is 91.4 Å². The normalized spacial score (nSPS) is 10.3. The van der Waals surface area contributed by atoms with Gasteiger partial charge < -0.3 is 4.98 Å². The van der Waals surface area contributed by atoms with Crippen molar-refractivity contribution in [3.63, 3.8) is 0 Å². The highest BCUT2D eigenvalue weighted by Crippen LogP contribution is 2.02. The zero-order valence-corrected chi connectivity index (χ0v) is 8.80. The molecule has 2 heterocycles. The maximum Gasteiger partial charge on any atom is 0.328 e. The molecule has 0 radical (unpaired) electrons. The third kappa shape index (κ3) is 1.93. The van der Waals surface area contributed by atoms with E-state index in [0.717, 1.165) is 15.8 Å². The SMILES string of the molecule is Cc1cccnc1Cn1c(=O)cc[nH]c1=O. The summed E-state index contributed by atoms with van der Waals surface area (Å²) in [5.74, 6) is 0. The molecule has 82 valence electrons. The Kier molecular flexibility index (Phi) is 2.68. The lowest BCUT2D eigenvalue weighted by atomic mass is 10.2. The van der Waals surface area contributed by atoms with Gasteiger partial charge >= 0.3 is 5.69 Å². The molecule has 5 nitrogen and oxygen atoms in total. The fraction of sp³-hybridized carbons (Fsp3) is 0.182. The number of nitrogens with one attached hydrogen (secondary N) is 1. The zero-order valence-electron chi connectivity index (χ0n) is 8.80. The summed E-state index contributed by atoms with van der Waals surface area (Å²) in [6.07, 6.45) is 2.98. The summed E-state index contributed by atoms with van der Waals surface area (Å²) in [6, 6.07) is 5.03. The third-order valence-electron chi connectivity index (χ3n) is 2.37. The second-order valence-electron chi connectivity index (χ2n) is 3.47. The van der Waals surface area contributed by atoms with Crippen molar-refractivity contribution in [3.8, 4) is 0 Å². The number of H-pyrrole nitrogens is 1. The van der Waals surface area contributed by atoms with E-state index in [1.165, 1.54) is 12.3 Å². The smallest absolute Gasteiger partial charge is 0.314 e. The van der Waals surface area contributed by atoms with Crippen LogP contribution in [-0.4, -0.2) is 14.5 Å². The topological polar surface area (TPSA) is 67.8 Å². The number of hydrogen-bond acceptors (Lipinski definition) is 3. The molecule has 0 atom stereocenters. The fourth-order valence-corrected chi connectivity index (χ4v) is 1.44. The highest BCUT2D eigenvalue weighted by molar-refractivity contribution is 5.17. The molecule has 0 fully saturated rings. The average Bonchev–Trinajstić information content (AvgIpc) is 2.26. The summed E-state index contributed by atoms with van der Waals surface area (Å²) >= 11 is 0. The quantitative estimate of drug-likeness (QED) is 0.786. The summed E-state index contributed by atoms with van der Waals surface area (Å²) in [4.78, 5) is 29.5. The summed E-state index contributed by atoms with van der Waals surface area (Å²) in [5, 5.41) is 0. The van der Waals surface area contributed by atoms with Gasteiger partial charge in [0.05, 0.1) is 12.2 Å². The van der Waals surface area contributed by atoms with Gasteiger partial charge in [-0.3, -0.25) is 14.3 Å². The van der Waals surface area contributed by atoms with Crippen LogP contribution in [0.3, 0.4) is 0 Å². The lowest BCUT2D eigenvalue weighted by Gasteiger charge is -2.05. The lowest BCUT2D eigenvalue weighted by Crippen LogP contribution is -2.34. The summed E-state index contributed by atoms with van der Waals surface area (Å²) < 4.78 is 1.12. The first-order chi connectivity index (χ1) is 7.68. The number of aromatic amines is 1. The van der Waals surface area contributed by atoms with Crippen LogP contribution in [0.1, 0.15) is 11.3 Å². The van der Waals surface area contributed by atoms with E-state index < -0.39 is 5.69 Å². The molecule has 1 N–H and O–H groups in total. The number of aromatic nitrogens is 3. The van der Waals surface area contributed by atoms with Crippen LogP contribution in [0.4, 0.5) is 0 Å². The molecule has 0 aliphatic heterocycles. The van der Waals surface area contributed by atoms with E-state index in [1.54, 1.807) is 6.20 Å². The van der Waals surface area contributed by atoms with E-state index in [2.05, 4.69) is 9.97 Å². The molecule has 16 heavy (non-hydrogen) atoms. The minimum atomic E-state index is -0.419. The van der Waals surface area contributed by atoms with Crippen LogP contribution >= 0.6 is 0 Å². The minimum absolute atomic E-state index is 0.196. The monoisotopic (exact) mass is 217 g/mol. The first-order valence-corrected chi connectivity index (χ1v) is 4.87. The van der Waals surface area contributed by atoms with Gasteiger partial charge in [0, 0.05) is 18.5 Å². The molecule has 0 spiro atoms. The van der Waals surface area contributed by atoms with Crippen molar-refractivity contribution < 1.29 is 0 Å². The van der Waals surface area contributed by atoms with E-state index in [-0.39, 0.29) is 12.1 Å². The first-order valence-electron chi connectivity index (χ1n) is 4.87. The number of aryl methyl sites for hydroxylation is 1. The Morgan fingerprint density at radius 3 is 2.88 bits per heavy atom. The van der Waals surface area contributed by atoms with Gasteiger partial charge in [-0.1, -0.05) is 6.07 Å². The molecular weight excluding hydrogens is 206 g/mol. The predicted octanol–water partition coefficient (Wildman–Crippen LogP) is 0.288. The molecule has 2 aromatic heterocycles. The molecule has 5 heteroatoms. The molecular formula is C11H11N3O2. The third-order valence-corrected chi connectivity index (χ3v) is 2.37. The van der Waals surface area contributed by atoms with Crippen molar-refractivity contribution in [2.24, 2.45) is 0 Å². The Balaban J connectivity index is 2.46. The van der Waals surface area contributed by atoms with Crippen molar-refractivity contribution in [1.29, 1.82) is 0 Å². The molecule has 2 aromatic rings. The molecule has 0 saturated carbocycles. The number of pyridine rings is 1. The minimum Gasteiger partial charge on any atom is -0.314 e. The van der Waals surface area contributed by atoms with Gasteiger partial charge in [0.15, 0.2) is 0 Å². The van der Waals surface area contributed by atoms with Crippen molar-refractivity contribution in [3.05, 3.63) is 62.7 Å². The maximum absolute atomic E-state index is 11.5. The van der Waals surface area contributed by atoms with Gasteiger partial charge in [-0.2, -0.15) is 0 Å². The largest absolute Gasteiger partial charge is 0.328 e. The van der Waals surface area contributed by atoms with Gasteiger partial charge in [0.2, 0.25) is 0 Å². The predicted molar refractivity (Wildman–Crippen MR) is 59.4 cm³/mol. The van der Waals surface area contributed by atoms with Crippen molar-refractivity contribution in [2.75, 3.05) is 0 Å².